The molecule has 78 valence electrons. The average Bonchev–Trinajstić information content (AvgIpc) is 2.22. The van der Waals surface area contributed by atoms with Gasteiger partial charge in [0.15, 0.2) is 11.6 Å². The fraction of sp³-hybridized carbons (Fsp3) is 0.455. The second-order valence-corrected chi connectivity index (χ2v) is 3.82. The van der Waals surface area contributed by atoms with Gasteiger partial charge >= 0.3 is 0 Å². The molecule has 1 aromatic rings. The van der Waals surface area contributed by atoms with E-state index in [0.29, 0.717) is 18.3 Å². The molecule has 0 bridgehead atoms. The fourth-order valence-corrected chi connectivity index (χ4v) is 1.69. The van der Waals surface area contributed by atoms with Crippen LogP contribution in [0, 0.1) is 11.7 Å². The lowest BCUT2D eigenvalue weighted by molar-refractivity contribution is 0.249. The molecule has 0 heterocycles. The molecule has 0 saturated heterocycles. The number of rotatable bonds is 5. The molecule has 0 spiro atoms. The van der Waals surface area contributed by atoms with Crippen molar-refractivity contribution in [3.63, 3.8) is 0 Å². The molecule has 14 heavy (non-hydrogen) atoms. The van der Waals surface area contributed by atoms with E-state index in [-0.39, 0.29) is 5.82 Å². The van der Waals surface area contributed by atoms with Crippen molar-refractivity contribution in [3.05, 3.63) is 30.1 Å². The molecule has 1 unspecified atom stereocenters. The Kier molecular flexibility index (Phi) is 4.94. The highest BCUT2D eigenvalue weighted by atomic mass is 79.9. The van der Waals surface area contributed by atoms with Crippen LogP contribution in [0.5, 0.6) is 5.75 Å². The van der Waals surface area contributed by atoms with Crippen LogP contribution in [0.15, 0.2) is 24.3 Å². The Balaban J connectivity index is 2.49. The molecule has 3 heteroatoms. The van der Waals surface area contributed by atoms with E-state index in [2.05, 4.69) is 22.9 Å². The highest BCUT2D eigenvalue weighted by molar-refractivity contribution is 9.09. The Labute approximate surface area is 92.4 Å². The van der Waals surface area contributed by atoms with E-state index >= 15 is 0 Å². The zero-order valence-electron chi connectivity index (χ0n) is 8.17. The van der Waals surface area contributed by atoms with Crippen LogP contribution in [-0.4, -0.2) is 11.9 Å². The van der Waals surface area contributed by atoms with Crippen molar-refractivity contribution in [2.24, 2.45) is 5.92 Å². The first-order chi connectivity index (χ1) is 6.77. The summed E-state index contributed by atoms with van der Waals surface area (Å²) in [5, 5.41) is 0.887. The summed E-state index contributed by atoms with van der Waals surface area (Å²) in [6.07, 6.45) is 1.03. The van der Waals surface area contributed by atoms with Gasteiger partial charge in [0.25, 0.3) is 0 Å². The van der Waals surface area contributed by atoms with Gasteiger partial charge in [0, 0.05) is 11.2 Å². The second kappa shape index (κ2) is 6.02. The molecule has 0 N–H and O–H groups in total. The Morgan fingerprint density at radius 3 is 2.71 bits per heavy atom. The lowest BCUT2D eigenvalue weighted by Crippen LogP contribution is -2.12. The second-order valence-electron chi connectivity index (χ2n) is 3.17. The van der Waals surface area contributed by atoms with E-state index in [0.717, 1.165) is 11.8 Å². The molecule has 0 amide bonds. The van der Waals surface area contributed by atoms with Gasteiger partial charge in [-0.15, -0.1) is 0 Å². The normalized spacial score (nSPS) is 12.5. The predicted molar refractivity (Wildman–Crippen MR) is 59.5 cm³/mol. The van der Waals surface area contributed by atoms with Crippen molar-refractivity contribution in [2.45, 2.75) is 13.3 Å². The van der Waals surface area contributed by atoms with Crippen LogP contribution in [0.2, 0.25) is 0 Å². The summed E-state index contributed by atoms with van der Waals surface area (Å²) in [6, 6.07) is 6.48. The Morgan fingerprint density at radius 2 is 2.14 bits per heavy atom. The molecule has 1 rings (SSSR count). The number of para-hydroxylation sites is 1. The molecular formula is C11H14BrFO. The molecule has 0 aliphatic heterocycles. The van der Waals surface area contributed by atoms with Crippen molar-refractivity contribution in [1.82, 2.24) is 0 Å². The Bertz CT molecular complexity index is 274. The maximum absolute atomic E-state index is 13.1. The third-order valence-electron chi connectivity index (χ3n) is 2.11. The molecule has 1 aromatic carbocycles. The van der Waals surface area contributed by atoms with Crippen molar-refractivity contribution in [2.75, 3.05) is 11.9 Å². The van der Waals surface area contributed by atoms with Crippen LogP contribution in [0.4, 0.5) is 4.39 Å². The number of hydrogen-bond donors (Lipinski definition) is 0. The molecule has 1 atom stereocenters. The number of benzene rings is 1. The summed E-state index contributed by atoms with van der Waals surface area (Å²) in [4.78, 5) is 0. The Morgan fingerprint density at radius 1 is 1.43 bits per heavy atom. The summed E-state index contributed by atoms with van der Waals surface area (Å²) in [6.45, 7) is 2.65. The maximum Gasteiger partial charge on any atom is 0.165 e. The summed E-state index contributed by atoms with van der Waals surface area (Å²) < 4.78 is 18.5. The van der Waals surface area contributed by atoms with Crippen molar-refractivity contribution < 1.29 is 9.13 Å². The zero-order valence-corrected chi connectivity index (χ0v) is 9.76. The standard InChI is InChI=1S/C11H14BrFO/c1-2-9(7-12)8-14-11-6-4-3-5-10(11)13/h3-6,9H,2,7-8H2,1H3. The summed E-state index contributed by atoms with van der Waals surface area (Å²) >= 11 is 3.39. The van der Waals surface area contributed by atoms with Gasteiger partial charge in [-0.2, -0.15) is 0 Å². The maximum atomic E-state index is 13.1. The van der Waals surface area contributed by atoms with E-state index in [4.69, 9.17) is 4.74 Å². The average molecular weight is 261 g/mol. The van der Waals surface area contributed by atoms with Crippen molar-refractivity contribution in [1.29, 1.82) is 0 Å². The highest BCUT2D eigenvalue weighted by Crippen LogP contribution is 2.17. The van der Waals surface area contributed by atoms with Gasteiger partial charge in [0.1, 0.15) is 0 Å². The van der Waals surface area contributed by atoms with Crippen molar-refractivity contribution >= 4 is 15.9 Å². The molecule has 0 aliphatic rings. The molecule has 0 aliphatic carbocycles. The van der Waals surface area contributed by atoms with Gasteiger partial charge < -0.3 is 4.74 Å². The van der Waals surface area contributed by atoms with Gasteiger partial charge in [-0.05, 0) is 18.6 Å². The predicted octanol–water partition coefficient (Wildman–Crippen LogP) is 3.63. The third kappa shape index (κ3) is 3.29. The lowest BCUT2D eigenvalue weighted by atomic mass is 10.1. The monoisotopic (exact) mass is 260 g/mol. The molecule has 1 nitrogen and oxygen atoms in total. The topological polar surface area (TPSA) is 9.23 Å². The summed E-state index contributed by atoms with van der Waals surface area (Å²) in [5.41, 5.74) is 0. The highest BCUT2D eigenvalue weighted by Gasteiger charge is 2.07. The molecule has 0 saturated carbocycles. The fourth-order valence-electron chi connectivity index (χ4n) is 1.04. The first-order valence-corrected chi connectivity index (χ1v) is 5.83. The van der Waals surface area contributed by atoms with E-state index in [1.165, 1.54) is 6.07 Å². The third-order valence-corrected chi connectivity index (χ3v) is 3.02. The van der Waals surface area contributed by atoms with Gasteiger partial charge in [-0.3, -0.25) is 0 Å². The number of alkyl halides is 1. The number of ether oxygens (including phenoxy) is 1. The van der Waals surface area contributed by atoms with Gasteiger partial charge in [-0.25, -0.2) is 4.39 Å². The van der Waals surface area contributed by atoms with Crippen LogP contribution in [0.1, 0.15) is 13.3 Å². The van der Waals surface area contributed by atoms with Gasteiger partial charge in [-0.1, -0.05) is 35.0 Å². The van der Waals surface area contributed by atoms with Crippen LogP contribution in [0.25, 0.3) is 0 Å². The largest absolute Gasteiger partial charge is 0.490 e. The van der Waals surface area contributed by atoms with E-state index in [1.807, 2.05) is 0 Å². The molecule has 0 radical (unpaired) electrons. The summed E-state index contributed by atoms with van der Waals surface area (Å²) in [5.74, 6) is 0.485. The van der Waals surface area contributed by atoms with Crippen molar-refractivity contribution in [3.8, 4) is 5.75 Å². The van der Waals surface area contributed by atoms with Crippen LogP contribution in [-0.2, 0) is 0 Å². The van der Waals surface area contributed by atoms with Gasteiger partial charge in [0.2, 0.25) is 0 Å². The van der Waals surface area contributed by atoms with Crippen LogP contribution >= 0.6 is 15.9 Å². The van der Waals surface area contributed by atoms with Crippen LogP contribution < -0.4 is 4.74 Å². The SMILES string of the molecule is CCC(CBr)COc1ccccc1F. The number of hydrogen-bond acceptors (Lipinski definition) is 1. The molecule has 0 fully saturated rings. The van der Waals surface area contributed by atoms with Crippen LogP contribution in [0.3, 0.4) is 0 Å². The van der Waals surface area contributed by atoms with E-state index < -0.39 is 0 Å². The van der Waals surface area contributed by atoms with E-state index in [1.54, 1.807) is 18.2 Å². The van der Waals surface area contributed by atoms with E-state index in [9.17, 15) is 4.39 Å². The summed E-state index contributed by atoms with van der Waals surface area (Å²) in [7, 11) is 0. The molecular weight excluding hydrogens is 247 g/mol. The minimum absolute atomic E-state index is 0.295. The lowest BCUT2D eigenvalue weighted by Gasteiger charge is -2.13. The zero-order chi connectivity index (χ0) is 10.4. The first kappa shape index (κ1) is 11.5. The molecule has 0 aromatic heterocycles. The minimum atomic E-state index is -0.295. The smallest absolute Gasteiger partial charge is 0.165 e. The quantitative estimate of drug-likeness (QED) is 0.735. The Hall–Kier alpha value is -0.570. The van der Waals surface area contributed by atoms with Gasteiger partial charge in [0.05, 0.1) is 6.61 Å². The first-order valence-electron chi connectivity index (χ1n) is 4.71. The number of halogens is 2. The minimum Gasteiger partial charge on any atom is -0.490 e.